The van der Waals surface area contributed by atoms with Crippen LogP contribution >= 0.6 is 15.9 Å². The highest BCUT2D eigenvalue weighted by molar-refractivity contribution is 9.10. The minimum atomic E-state index is -3.54. The van der Waals surface area contributed by atoms with E-state index in [4.69, 9.17) is 9.72 Å². The van der Waals surface area contributed by atoms with E-state index in [0.29, 0.717) is 56.3 Å². The Morgan fingerprint density at radius 1 is 0.853 bits per heavy atom. The van der Waals surface area contributed by atoms with Crippen molar-refractivity contribution in [1.29, 1.82) is 0 Å². The van der Waals surface area contributed by atoms with Crippen LogP contribution in [0.25, 0.3) is 10.9 Å². The Balaban J connectivity index is 0.709. The monoisotopic (exact) mass is 1010 g/mol. The van der Waals surface area contributed by atoms with Crippen LogP contribution in [0.5, 0.6) is 5.75 Å². The van der Waals surface area contributed by atoms with Gasteiger partial charge in [-0.2, -0.15) is 4.98 Å². The fourth-order valence-corrected chi connectivity index (χ4v) is 11.7. The number of methoxy groups -OCH3 is 1. The van der Waals surface area contributed by atoms with Gasteiger partial charge in [0.1, 0.15) is 17.6 Å². The number of rotatable bonds is 12. The van der Waals surface area contributed by atoms with E-state index in [0.717, 1.165) is 111 Å². The number of nitrogens with one attached hydrogen (secondary N) is 3. The first-order chi connectivity index (χ1) is 32.7. The summed E-state index contributed by atoms with van der Waals surface area (Å²) in [5.74, 6) is 0.0137. The van der Waals surface area contributed by atoms with Gasteiger partial charge in [0.05, 0.1) is 45.9 Å². The van der Waals surface area contributed by atoms with Crippen LogP contribution in [0.3, 0.4) is 0 Å². The van der Waals surface area contributed by atoms with Crippen LogP contribution in [0.4, 0.5) is 34.5 Å². The zero-order valence-corrected chi connectivity index (χ0v) is 40.6. The fourth-order valence-electron chi connectivity index (χ4n) is 10.6. The number of imide groups is 2. The summed E-state index contributed by atoms with van der Waals surface area (Å²) < 4.78 is 32.8. The van der Waals surface area contributed by atoms with E-state index < -0.39 is 33.8 Å². The lowest BCUT2D eigenvalue weighted by Gasteiger charge is -2.44. The highest BCUT2D eigenvalue weighted by Crippen LogP contribution is 2.38. The molecule has 0 aliphatic carbocycles. The minimum absolute atomic E-state index is 0.0927. The second-order valence-electron chi connectivity index (χ2n) is 18.4. The van der Waals surface area contributed by atoms with Crippen molar-refractivity contribution in [2.75, 3.05) is 92.7 Å². The summed E-state index contributed by atoms with van der Waals surface area (Å²) in [4.78, 5) is 71.1. The molecule has 3 N–H and O–H groups in total. The number of aromatic nitrogens is 3. The summed E-state index contributed by atoms with van der Waals surface area (Å²) in [6.07, 6.45) is 7.79. The molecule has 2 aromatic heterocycles. The third-order valence-corrected chi connectivity index (χ3v) is 15.7. The van der Waals surface area contributed by atoms with Gasteiger partial charge >= 0.3 is 0 Å². The normalized spacial score (nSPS) is 20.9. The van der Waals surface area contributed by atoms with Crippen LogP contribution in [0, 0.1) is 12.8 Å². The van der Waals surface area contributed by atoms with E-state index in [-0.39, 0.29) is 18.7 Å². The Labute approximate surface area is 403 Å². The zero-order valence-electron chi connectivity index (χ0n) is 38.2. The number of anilines is 6. The van der Waals surface area contributed by atoms with Crippen molar-refractivity contribution in [3.8, 4) is 5.75 Å². The molecule has 4 fully saturated rings. The van der Waals surface area contributed by atoms with E-state index in [1.54, 1.807) is 37.7 Å². The van der Waals surface area contributed by atoms with E-state index in [9.17, 15) is 27.6 Å². The van der Waals surface area contributed by atoms with Gasteiger partial charge in [0.25, 0.3) is 11.8 Å². The number of hydrogen-bond acceptors (Lipinski definition) is 15. The molecule has 0 radical (unpaired) electrons. The van der Waals surface area contributed by atoms with E-state index in [1.807, 2.05) is 24.3 Å². The van der Waals surface area contributed by atoms with Crippen molar-refractivity contribution in [2.45, 2.75) is 51.1 Å². The summed E-state index contributed by atoms with van der Waals surface area (Å²) in [5, 5.41) is 9.68. The lowest BCUT2D eigenvalue weighted by Crippen LogP contribution is -2.54. The van der Waals surface area contributed by atoms with Crippen LogP contribution in [0.1, 0.15) is 58.4 Å². The number of para-hydroxylation sites is 1. The van der Waals surface area contributed by atoms with Crippen LogP contribution < -0.4 is 30.5 Å². The Kier molecular flexibility index (Phi) is 12.4. The Bertz CT molecular complexity index is 2950. The Morgan fingerprint density at radius 3 is 2.37 bits per heavy atom. The molecule has 18 nitrogen and oxygen atoms in total. The van der Waals surface area contributed by atoms with Crippen molar-refractivity contribution in [3.63, 3.8) is 0 Å². The lowest BCUT2D eigenvalue weighted by molar-refractivity contribution is -0.136. The largest absolute Gasteiger partial charge is 0.494 e. The molecular formula is C48H54BrN11O7S. The predicted octanol–water partition coefficient (Wildman–Crippen LogP) is 5.32. The summed E-state index contributed by atoms with van der Waals surface area (Å²) in [7, 11) is -1.88. The molecule has 5 aliphatic heterocycles. The van der Waals surface area contributed by atoms with Gasteiger partial charge in [-0.3, -0.25) is 34.3 Å². The van der Waals surface area contributed by atoms with E-state index in [2.05, 4.69) is 75.5 Å². The average molecular weight is 1010 g/mol. The molecule has 0 spiro atoms. The van der Waals surface area contributed by atoms with Gasteiger partial charge in [0.15, 0.2) is 0 Å². The molecule has 0 saturated carbocycles. The first-order valence-corrected chi connectivity index (χ1v) is 25.7. The first kappa shape index (κ1) is 45.7. The van der Waals surface area contributed by atoms with Crippen LogP contribution in [-0.4, -0.2) is 145 Å². The van der Waals surface area contributed by atoms with Crippen LogP contribution in [0.15, 0.2) is 71.5 Å². The summed E-state index contributed by atoms with van der Waals surface area (Å²) in [5.41, 5.74) is 5.61. The van der Waals surface area contributed by atoms with Crippen LogP contribution in [-0.2, 0) is 19.6 Å². The van der Waals surface area contributed by atoms with E-state index in [1.165, 1.54) is 10.2 Å². The lowest BCUT2D eigenvalue weighted by atomic mass is 10.00. The number of amides is 4. The Hall–Kier alpha value is -6.09. The maximum Gasteiger partial charge on any atom is 0.262 e. The quantitative estimate of drug-likeness (QED) is 0.136. The molecule has 3 aromatic carbocycles. The SMILES string of the molecule is COc1cc(N2CCC(N3CCN(C[C@@H]4CCN(c5ccc6c(c5)C(=O)N(C5CCC(=O)NC5=O)C6=O)C4)CC3)CC2)c(C)cc1Nc1ncc(Br)c(Nc2cccc3ccn(S(C)(=O)=O)c23)n1. The molecule has 0 bridgehead atoms. The fraction of sp³-hybridized carbons (Fsp3) is 0.417. The molecular weight excluding hydrogens is 955 g/mol. The third kappa shape index (κ3) is 8.89. The van der Waals surface area contributed by atoms with Crippen molar-refractivity contribution in [1.82, 2.24) is 34.0 Å². The molecule has 2 atom stereocenters. The predicted molar refractivity (Wildman–Crippen MR) is 263 cm³/mol. The van der Waals surface area contributed by atoms with Gasteiger partial charge in [-0.05, 0) is 96.4 Å². The second-order valence-corrected chi connectivity index (χ2v) is 21.1. The number of carbonyl (C=O) groups excluding carboxylic acids is 4. The first-order valence-electron chi connectivity index (χ1n) is 23.1. The summed E-state index contributed by atoms with van der Waals surface area (Å²) in [6.45, 7) is 10.9. The maximum atomic E-state index is 13.4. The molecule has 68 heavy (non-hydrogen) atoms. The molecule has 4 amide bonds. The van der Waals surface area contributed by atoms with Crippen molar-refractivity contribution in [2.24, 2.45) is 5.92 Å². The number of piperidine rings is 2. The molecule has 4 saturated heterocycles. The standard InChI is InChI=1S/C48H54BrN11O7S/c1-29-23-38(52-48-50-26-36(49)44(54-48)51-37-6-4-5-31-12-18-59(43(31)37)68(3,65)66)41(67-2)25-40(29)57-16-13-32(14-17-57)56-21-19-55(20-22-56)27-30-11-15-58(28-30)33-7-8-34-35(24-33)47(64)60(46(34)63)39-9-10-42(61)53-45(39)62/h4-8,12,18,23-26,30,32,39H,9-11,13-17,19-22,27-28H2,1-3H3,(H,53,61,62)(H2,50,51,52,54)/t30-,39?/m0/s1. The van der Waals surface area contributed by atoms with Gasteiger partial charge in [0.2, 0.25) is 27.8 Å². The number of carbonyl (C=O) groups is 4. The molecule has 20 heteroatoms. The Morgan fingerprint density at radius 2 is 1.62 bits per heavy atom. The number of aryl methyl sites for hydroxylation is 1. The number of halogens is 1. The van der Waals surface area contributed by atoms with Gasteiger partial charge in [-0.25, -0.2) is 17.4 Å². The number of hydrogen-bond donors (Lipinski definition) is 3. The summed E-state index contributed by atoms with van der Waals surface area (Å²) >= 11 is 3.55. The maximum absolute atomic E-state index is 13.4. The summed E-state index contributed by atoms with van der Waals surface area (Å²) in [6, 6.07) is 16.4. The smallest absolute Gasteiger partial charge is 0.262 e. The number of nitrogens with zero attached hydrogens (tertiary/aromatic N) is 8. The van der Waals surface area contributed by atoms with Crippen molar-refractivity contribution < 1.29 is 32.3 Å². The van der Waals surface area contributed by atoms with Gasteiger partial charge in [0, 0.05) is 107 Å². The van der Waals surface area contributed by atoms with E-state index >= 15 is 0 Å². The highest BCUT2D eigenvalue weighted by atomic mass is 79.9. The molecule has 7 heterocycles. The molecule has 10 rings (SSSR count). The molecule has 5 aromatic rings. The van der Waals surface area contributed by atoms with Crippen LogP contribution in [0.2, 0.25) is 0 Å². The number of ether oxygens (including phenoxy) is 1. The zero-order chi connectivity index (χ0) is 47.4. The average Bonchev–Trinajstić information content (AvgIpc) is 4.05. The molecule has 1 unspecified atom stereocenters. The minimum Gasteiger partial charge on any atom is -0.494 e. The molecule has 5 aliphatic rings. The number of piperazine rings is 1. The second kappa shape index (κ2) is 18.4. The molecule has 356 valence electrons. The number of fused-ring (bicyclic) bond motifs is 2. The third-order valence-electron chi connectivity index (χ3n) is 14.1. The van der Waals surface area contributed by atoms with Gasteiger partial charge in [-0.15, -0.1) is 0 Å². The highest BCUT2D eigenvalue weighted by Gasteiger charge is 2.45. The number of benzene rings is 3. The van der Waals surface area contributed by atoms with Crippen molar-refractivity contribution in [3.05, 3.63) is 88.2 Å². The topological polar surface area (TPSA) is 195 Å². The van der Waals surface area contributed by atoms with Gasteiger partial charge in [-0.1, -0.05) is 12.1 Å². The van der Waals surface area contributed by atoms with Crippen molar-refractivity contribution >= 4 is 95.0 Å². The van der Waals surface area contributed by atoms with Gasteiger partial charge < -0.3 is 30.1 Å².